The van der Waals surface area contributed by atoms with Crippen LogP contribution in [0.2, 0.25) is 0 Å². The van der Waals surface area contributed by atoms with Gasteiger partial charge >= 0.3 is 12.1 Å². The third kappa shape index (κ3) is 6.70. The van der Waals surface area contributed by atoms with E-state index in [0.29, 0.717) is 41.2 Å². The van der Waals surface area contributed by atoms with Crippen molar-refractivity contribution in [3.63, 3.8) is 0 Å². The van der Waals surface area contributed by atoms with Gasteiger partial charge in [-0.05, 0) is 66.4 Å². The zero-order valence-corrected chi connectivity index (χ0v) is 25.4. The summed E-state index contributed by atoms with van der Waals surface area (Å²) in [7, 11) is 3.18. The van der Waals surface area contributed by atoms with Gasteiger partial charge < -0.3 is 35.2 Å². The molecule has 12 heteroatoms. The number of hydrogen-bond donors (Lipinski definition) is 3. The number of hydrogen-bond acceptors (Lipinski definition) is 7. The standard InChI is InChI=1S/C33H37N7O5/c1-44-26-7-3-5-22(17-26)20-34-32(42)36-24-9-10-29-28(19-24)30(31(41)39-16-15-38-13-11-25(39)12-14-38)37-40(29)33(43)35-21-23-6-4-8-27(18-23)45-2/h3-10,17-19,25H,11-16,20-21H2,1-2H3,(H,35,43)(H2,34,36,42). The molecular weight excluding hydrogens is 574 g/mol. The first kappa shape index (κ1) is 29.9. The molecule has 4 heterocycles. The molecular formula is C33H37N7O5. The maximum Gasteiger partial charge on any atom is 0.342 e. The zero-order valence-electron chi connectivity index (χ0n) is 25.4. The monoisotopic (exact) mass is 611 g/mol. The van der Waals surface area contributed by atoms with Crippen LogP contribution in [0.15, 0.2) is 66.7 Å². The fraction of sp³-hybridized carbons (Fsp3) is 0.333. The van der Waals surface area contributed by atoms with Gasteiger partial charge in [0.2, 0.25) is 0 Å². The van der Waals surface area contributed by atoms with Crippen molar-refractivity contribution < 1.29 is 23.9 Å². The third-order valence-electron chi connectivity index (χ3n) is 8.41. The van der Waals surface area contributed by atoms with Crippen LogP contribution in [0.3, 0.4) is 0 Å². The van der Waals surface area contributed by atoms with E-state index in [9.17, 15) is 14.4 Å². The molecule has 4 amide bonds. The summed E-state index contributed by atoms with van der Waals surface area (Å²) in [6.45, 7) is 3.89. The Kier molecular flexibility index (Phi) is 8.83. The van der Waals surface area contributed by atoms with E-state index < -0.39 is 12.1 Å². The summed E-state index contributed by atoms with van der Waals surface area (Å²) >= 11 is 0. The highest BCUT2D eigenvalue weighted by atomic mass is 16.5. The van der Waals surface area contributed by atoms with Crippen molar-refractivity contribution in [2.75, 3.05) is 45.7 Å². The van der Waals surface area contributed by atoms with Gasteiger partial charge in [-0.3, -0.25) is 4.79 Å². The van der Waals surface area contributed by atoms with Crippen LogP contribution in [0.1, 0.15) is 34.5 Å². The number of methoxy groups -OCH3 is 2. The summed E-state index contributed by atoms with van der Waals surface area (Å²) in [5.41, 5.74) is 2.86. The lowest BCUT2D eigenvalue weighted by molar-refractivity contribution is 0.0680. The number of ether oxygens (including phenoxy) is 2. The molecule has 7 rings (SSSR count). The van der Waals surface area contributed by atoms with Crippen LogP contribution in [-0.2, 0) is 13.1 Å². The second kappa shape index (κ2) is 13.3. The molecule has 3 aliphatic rings. The molecule has 12 nitrogen and oxygen atoms in total. The first-order chi connectivity index (χ1) is 21.9. The summed E-state index contributed by atoms with van der Waals surface area (Å²) in [6.07, 6.45) is 1.82. The molecule has 3 N–H and O–H groups in total. The van der Waals surface area contributed by atoms with Gasteiger partial charge in [-0.2, -0.15) is 9.78 Å². The molecule has 0 aliphatic carbocycles. The first-order valence-electron chi connectivity index (χ1n) is 15.1. The van der Waals surface area contributed by atoms with E-state index >= 15 is 0 Å². The number of rotatable bonds is 8. The van der Waals surface area contributed by atoms with Crippen molar-refractivity contribution in [1.82, 2.24) is 30.2 Å². The highest BCUT2D eigenvalue weighted by Gasteiger charge is 2.34. The van der Waals surface area contributed by atoms with Gasteiger partial charge in [0.25, 0.3) is 5.91 Å². The number of carbonyl (C=O) groups excluding carboxylic acids is 3. The second-order valence-corrected chi connectivity index (χ2v) is 11.2. The average molecular weight is 612 g/mol. The topological polar surface area (TPSA) is 130 Å². The Morgan fingerprint density at radius 2 is 1.49 bits per heavy atom. The predicted octanol–water partition coefficient (Wildman–Crippen LogP) is 4.05. The van der Waals surface area contributed by atoms with Crippen LogP contribution >= 0.6 is 0 Å². The van der Waals surface area contributed by atoms with Gasteiger partial charge in [-0.25, -0.2) is 9.59 Å². The molecule has 0 unspecified atom stereocenters. The number of aromatic nitrogens is 2. The van der Waals surface area contributed by atoms with Gasteiger partial charge in [0, 0.05) is 56.4 Å². The normalized spacial score (nSPS) is 17.4. The van der Waals surface area contributed by atoms with E-state index in [2.05, 4.69) is 25.9 Å². The smallest absolute Gasteiger partial charge is 0.342 e. The Labute approximate surface area is 261 Å². The molecule has 0 atom stereocenters. The van der Waals surface area contributed by atoms with Gasteiger partial charge in [0.15, 0.2) is 5.69 Å². The molecule has 3 aliphatic heterocycles. The third-order valence-corrected chi connectivity index (χ3v) is 8.41. The fourth-order valence-electron chi connectivity index (χ4n) is 5.97. The minimum atomic E-state index is -0.471. The summed E-state index contributed by atoms with van der Waals surface area (Å²) in [6, 6.07) is 19.2. The van der Waals surface area contributed by atoms with E-state index in [1.807, 2.05) is 53.4 Å². The van der Waals surface area contributed by atoms with Crippen molar-refractivity contribution in [2.24, 2.45) is 0 Å². The van der Waals surface area contributed by atoms with E-state index in [-0.39, 0.29) is 24.2 Å². The molecule has 45 heavy (non-hydrogen) atoms. The molecule has 3 saturated heterocycles. The van der Waals surface area contributed by atoms with Crippen molar-refractivity contribution in [3.8, 4) is 11.5 Å². The first-order valence-corrected chi connectivity index (χ1v) is 15.1. The largest absolute Gasteiger partial charge is 0.497 e. The minimum absolute atomic E-state index is 0.127. The zero-order chi connectivity index (χ0) is 31.3. The lowest BCUT2D eigenvalue weighted by Crippen LogP contribution is -2.42. The van der Waals surface area contributed by atoms with Crippen molar-refractivity contribution >= 4 is 34.6 Å². The number of benzene rings is 3. The molecule has 0 spiro atoms. The Morgan fingerprint density at radius 3 is 2.16 bits per heavy atom. The highest BCUT2D eigenvalue weighted by molar-refractivity contribution is 6.08. The van der Waals surface area contributed by atoms with Crippen LogP contribution < -0.4 is 25.4 Å². The number of fused-ring (bicyclic) bond motifs is 5. The average Bonchev–Trinajstić information content (AvgIpc) is 3.19. The molecule has 234 valence electrons. The Morgan fingerprint density at radius 1 is 0.822 bits per heavy atom. The maximum atomic E-state index is 14.1. The van der Waals surface area contributed by atoms with Crippen LogP contribution in [0.25, 0.3) is 10.9 Å². The SMILES string of the molecule is COc1cccc(CNC(=O)Nc2ccc3c(c2)c(C(=O)N2CCN4CCC2CC4)nn3C(=O)NCc2cccc(OC)c2)c1. The van der Waals surface area contributed by atoms with E-state index in [1.165, 1.54) is 4.68 Å². The van der Waals surface area contributed by atoms with E-state index in [1.54, 1.807) is 32.4 Å². The van der Waals surface area contributed by atoms with Crippen LogP contribution in [-0.4, -0.2) is 84.0 Å². The Hall–Kier alpha value is -5.10. The highest BCUT2D eigenvalue weighted by Crippen LogP contribution is 2.28. The molecule has 1 aromatic heterocycles. The number of piperidine rings is 1. The summed E-state index contributed by atoms with van der Waals surface area (Å²) in [5, 5.41) is 13.7. The van der Waals surface area contributed by atoms with Crippen molar-refractivity contribution in [2.45, 2.75) is 32.0 Å². The number of urea groups is 1. The summed E-state index contributed by atoms with van der Waals surface area (Å²) < 4.78 is 11.8. The lowest BCUT2D eigenvalue weighted by atomic mass is 10.0. The number of nitrogens with one attached hydrogen (secondary N) is 3. The fourth-order valence-corrected chi connectivity index (χ4v) is 5.97. The Balaban J connectivity index is 1.25. The van der Waals surface area contributed by atoms with Gasteiger partial charge in [0.1, 0.15) is 11.5 Å². The molecule has 2 bridgehead atoms. The van der Waals surface area contributed by atoms with E-state index in [4.69, 9.17) is 9.47 Å². The van der Waals surface area contributed by atoms with Crippen molar-refractivity contribution in [3.05, 3.63) is 83.6 Å². The van der Waals surface area contributed by atoms with Crippen molar-refractivity contribution in [1.29, 1.82) is 0 Å². The number of nitrogens with zero attached hydrogens (tertiary/aromatic N) is 4. The van der Waals surface area contributed by atoms with Crippen LogP contribution in [0, 0.1) is 0 Å². The number of amides is 4. The molecule has 3 aromatic carbocycles. The second-order valence-electron chi connectivity index (χ2n) is 11.2. The minimum Gasteiger partial charge on any atom is -0.497 e. The quantitative estimate of drug-likeness (QED) is 0.274. The van der Waals surface area contributed by atoms with Gasteiger partial charge in [0.05, 0.1) is 19.7 Å². The molecule has 0 saturated carbocycles. The summed E-state index contributed by atoms with van der Waals surface area (Å²) in [5.74, 6) is 1.18. The van der Waals surface area contributed by atoms with Gasteiger partial charge in [-0.1, -0.05) is 24.3 Å². The van der Waals surface area contributed by atoms with Crippen LogP contribution in [0.5, 0.6) is 11.5 Å². The van der Waals surface area contributed by atoms with Gasteiger partial charge in [-0.15, -0.1) is 0 Å². The van der Waals surface area contributed by atoms with Crippen LogP contribution in [0.4, 0.5) is 15.3 Å². The number of anilines is 1. The Bertz CT molecular complexity index is 1710. The molecule has 0 radical (unpaired) electrons. The number of carbonyl (C=O) groups is 3. The predicted molar refractivity (Wildman–Crippen MR) is 170 cm³/mol. The summed E-state index contributed by atoms with van der Waals surface area (Å²) in [4.78, 5) is 44.6. The maximum absolute atomic E-state index is 14.1. The van der Waals surface area contributed by atoms with E-state index in [0.717, 1.165) is 43.6 Å². The molecule has 4 aromatic rings. The lowest BCUT2D eigenvalue weighted by Gasteiger charge is -2.31. The molecule has 3 fully saturated rings.